The van der Waals surface area contributed by atoms with Crippen LogP contribution in [0.3, 0.4) is 0 Å². The third-order valence-corrected chi connectivity index (χ3v) is 7.78. The van der Waals surface area contributed by atoms with E-state index in [1.807, 2.05) is 42.7 Å². The zero-order valence-electron chi connectivity index (χ0n) is 20.5. The molecule has 4 N–H and O–H groups in total. The summed E-state index contributed by atoms with van der Waals surface area (Å²) in [6.45, 7) is 1.51. The number of hydrogen-bond donors (Lipinski definition) is 4. The molecule has 37 heavy (non-hydrogen) atoms. The van der Waals surface area contributed by atoms with E-state index in [1.54, 1.807) is 17.0 Å². The van der Waals surface area contributed by atoms with Crippen LogP contribution in [0.1, 0.15) is 46.6 Å². The summed E-state index contributed by atoms with van der Waals surface area (Å²) >= 11 is 1.49. The lowest BCUT2D eigenvalue weighted by atomic mass is 9.90. The summed E-state index contributed by atoms with van der Waals surface area (Å²) in [6.07, 6.45) is 2.43. The number of carbonyl (C=O) groups excluding carboxylic acids is 3. The molecule has 0 fully saturated rings. The van der Waals surface area contributed by atoms with Crippen LogP contribution in [0, 0.1) is 0 Å². The SMILES string of the molecule is CSCCC(NC(=O)C(C)NC(=O)C1Cc2c([nH]c3ccccc23)C2c3ccccc3C(=O)N12)C(=O)O. The minimum Gasteiger partial charge on any atom is -0.480 e. The van der Waals surface area contributed by atoms with Crippen molar-refractivity contribution in [1.29, 1.82) is 0 Å². The van der Waals surface area contributed by atoms with Gasteiger partial charge in [-0.15, -0.1) is 0 Å². The highest BCUT2D eigenvalue weighted by atomic mass is 32.2. The molecule has 5 rings (SSSR count). The van der Waals surface area contributed by atoms with E-state index >= 15 is 0 Å². The molecular formula is C27H28N4O5S. The number of nitrogens with one attached hydrogen (secondary N) is 3. The summed E-state index contributed by atoms with van der Waals surface area (Å²) in [4.78, 5) is 56.5. The Kier molecular flexibility index (Phi) is 6.68. The lowest BCUT2D eigenvalue weighted by molar-refractivity contribution is -0.142. The maximum Gasteiger partial charge on any atom is 0.326 e. The van der Waals surface area contributed by atoms with E-state index in [4.69, 9.17) is 0 Å². The van der Waals surface area contributed by atoms with E-state index in [9.17, 15) is 24.3 Å². The summed E-state index contributed by atoms with van der Waals surface area (Å²) in [5.41, 5.74) is 4.19. The van der Waals surface area contributed by atoms with Crippen LogP contribution >= 0.6 is 11.8 Å². The van der Waals surface area contributed by atoms with Gasteiger partial charge in [0.2, 0.25) is 11.8 Å². The van der Waals surface area contributed by atoms with Gasteiger partial charge in [0.25, 0.3) is 5.91 Å². The largest absolute Gasteiger partial charge is 0.480 e. The lowest BCUT2D eigenvalue weighted by Crippen LogP contribution is -2.57. The van der Waals surface area contributed by atoms with Gasteiger partial charge in [-0.3, -0.25) is 14.4 Å². The van der Waals surface area contributed by atoms with Gasteiger partial charge in [0, 0.05) is 28.6 Å². The molecule has 0 saturated carbocycles. The summed E-state index contributed by atoms with van der Waals surface area (Å²) in [7, 11) is 0. The second kappa shape index (κ2) is 9.93. The van der Waals surface area contributed by atoms with Gasteiger partial charge in [-0.05, 0) is 48.6 Å². The van der Waals surface area contributed by atoms with E-state index in [1.165, 1.54) is 18.7 Å². The molecule has 2 aliphatic heterocycles. The topological polar surface area (TPSA) is 132 Å². The van der Waals surface area contributed by atoms with Crippen molar-refractivity contribution in [3.05, 3.63) is 70.9 Å². The molecule has 4 unspecified atom stereocenters. The number of nitrogens with zero attached hydrogens (tertiary/aromatic N) is 1. The van der Waals surface area contributed by atoms with Crippen LogP contribution < -0.4 is 10.6 Å². The van der Waals surface area contributed by atoms with Crippen LogP contribution in [-0.4, -0.2) is 68.8 Å². The lowest BCUT2D eigenvalue weighted by Gasteiger charge is -2.37. The van der Waals surface area contributed by atoms with Crippen molar-refractivity contribution >= 4 is 46.4 Å². The molecule has 2 aliphatic rings. The van der Waals surface area contributed by atoms with Crippen molar-refractivity contribution in [2.75, 3.05) is 12.0 Å². The van der Waals surface area contributed by atoms with Crippen LogP contribution in [0.25, 0.3) is 10.9 Å². The maximum absolute atomic E-state index is 13.6. The number of thioether (sulfide) groups is 1. The number of aromatic amines is 1. The van der Waals surface area contributed by atoms with Crippen molar-refractivity contribution in [1.82, 2.24) is 20.5 Å². The molecule has 0 spiro atoms. The highest BCUT2D eigenvalue weighted by molar-refractivity contribution is 7.98. The van der Waals surface area contributed by atoms with E-state index in [2.05, 4.69) is 15.6 Å². The third kappa shape index (κ3) is 4.35. The second-order valence-corrected chi connectivity index (χ2v) is 10.4. The number of H-pyrrole nitrogens is 1. The van der Waals surface area contributed by atoms with Crippen molar-refractivity contribution in [3.8, 4) is 0 Å². The smallest absolute Gasteiger partial charge is 0.326 e. The van der Waals surface area contributed by atoms with Gasteiger partial charge < -0.3 is 25.6 Å². The standard InChI is InChI=1S/C27H28N4O5S/c1-14(24(32)30-20(27(35)36)11-12-37-2)28-25(33)21-13-18-15-7-5-6-10-19(15)29-22(18)23-16-8-3-4-9-17(16)26(34)31(21)23/h3-10,14,20-21,23,29H,11-13H2,1-2H3,(H,28,33)(H,30,32)(H,35,36). The molecule has 3 aromatic rings. The zero-order chi connectivity index (χ0) is 26.3. The number of para-hydroxylation sites is 1. The summed E-state index contributed by atoms with van der Waals surface area (Å²) in [5.74, 6) is -1.82. The zero-order valence-corrected chi connectivity index (χ0v) is 21.3. The van der Waals surface area contributed by atoms with Gasteiger partial charge in [-0.1, -0.05) is 36.4 Å². The fraction of sp³-hybridized carbons (Fsp3) is 0.333. The molecule has 10 heteroatoms. The number of carboxylic acids is 1. The number of hydrogen-bond acceptors (Lipinski definition) is 5. The van der Waals surface area contributed by atoms with Gasteiger partial charge in [0.15, 0.2) is 0 Å². The predicted molar refractivity (Wildman–Crippen MR) is 140 cm³/mol. The Bertz CT molecular complexity index is 1400. The van der Waals surface area contributed by atoms with Crippen molar-refractivity contribution in [2.45, 2.75) is 43.9 Å². The van der Waals surface area contributed by atoms with Gasteiger partial charge in [0.05, 0.1) is 6.04 Å². The maximum atomic E-state index is 13.6. The van der Waals surface area contributed by atoms with Crippen molar-refractivity contribution in [2.24, 2.45) is 0 Å². The minimum absolute atomic E-state index is 0.231. The predicted octanol–water partition coefficient (Wildman–Crippen LogP) is 2.46. The molecular weight excluding hydrogens is 492 g/mol. The first-order valence-electron chi connectivity index (χ1n) is 12.1. The molecule has 1 aromatic heterocycles. The molecule has 9 nitrogen and oxygen atoms in total. The first-order chi connectivity index (χ1) is 17.8. The average Bonchev–Trinajstić information content (AvgIpc) is 3.41. The van der Waals surface area contributed by atoms with Crippen LogP contribution in [-0.2, 0) is 20.8 Å². The van der Waals surface area contributed by atoms with E-state index in [0.29, 0.717) is 17.7 Å². The summed E-state index contributed by atoms with van der Waals surface area (Å²) < 4.78 is 0. The van der Waals surface area contributed by atoms with Gasteiger partial charge >= 0.3 is 5.97 Å². The summed E-state index contributed by atoms with van der Waals surface area (Å²) in [5, 5.41) is 15.7. The van der Waals surface area contributed by atoms with Gasteiger partial charge in [-0.2, -0.15) is 11.8 Å². The fourth-order valence-electron chi connectivity index (χ4n) is 5.30. The van der Waals surface area contributed by atoms with Crippen LogP contribution in [0.5, 0.6) is 0 Å². The van der Waals surface area contributed by atoms with Gasteiger partial charge in [-0.25, -0.2) is 4.79 Å². The number of aromatic nitrogens is 1. The van der Waals surface area contributed by atoms with Gasteiger partial charge in [0.1, 0.15) is 18.1 Å². The number of benzene rings is 2. The Labute approximate surface area is 218 Å². The Morgan fingerprint density at radius 2 is 1.86 bits per heavy atom. The van der Waals surface area contributed by atoms with Crippen LogP contribution in [0.4, 0.5) is 0 Å². The molecule has 192 valence electrons. The molecule has 0 aliphatic carbocycles. The molecule has 3 amide bonds. The number of fused-ring (bicyclic) bond motifs is 7. The molecule has 0 saturated heterocycles. The molecule has 0 radical (unpaired) electrons. The molecule has 4 atom stereocenters. The van der Waals surface area contributed by atoms with Crippen molar-refractivity contribution < 1.29 is 24.3 Å². The van der Waals surface area contributed by atoms with Crippen LogP contribution in [0.15, 0.2) is 48.5 Å². The van der Waals surface area contributed by atoms with E-state index < -0.39 is 42.0 Å². The summed E-state index contributed by atoms with van der Waals surface area (Å²) in [6, 6.07) is 11.9. The fourth-order valence-corrected chi connectivity index (χ4v) is 5.77. The van der Waals surface area contributed by atoms with Crippen molar-refractivity contribution in [3.63, 3.8) is 0 Å². The number of carbonyl (C=O) groups is 4. The Hall–Kier alpha value is -3.79. The monoisotopic (exact) mass is 520 g/mol. The number of carboxylic acid groups (broad SMARTS) is 1. The molecule has 0 bridgehead atoms. The normalized spacial score (nSPS) is 19.5. The quantitative estimate of drug-likeness (QED) is 0.361. The average molecular weight is 521 g/mol. The van der Waals surface area contributed by atoms with Crippen LogP contribution in [0.2, 0.25) is 0 Å². The van der Waals surface area contributed by atoms with E-state index in [-0.39, 0.29) is 12.3 Å². The number of rotatable bonds is 8. The Morgan fingerprint density at radius 1 is 1.14 bits per heavy atom. The third-order valence-electron chi connectivity index (χ3n) is 7.13. The minimum atomic E-state index is -1.12. The number of amides is 3. The second-order valence-electron chi connectivity index (χ2n) is 9.40. The molecule has 3 heterocycles. The Morgan fingerprint density at radius 3 is 2.62 bits per heavy atom. The highest BCUT2D eigenvalue weighted by Crippen LogP contribution is 2.46. The van der Waals surface area contributed by atoms with E-state index in [0.717, 1.165) is 27.7 Å². The first kappa shape index (κ1) is 24.9. The molecule has 2 aromatic carbocycles. The Balaban J connectivity index is 1.43. The number of aliphatic carboxylic acids is 1. The first-order valence-corrected chi connectivity index (χ1v) is 13.5. The highest BCUT2D eigenvalue weighted by Gasteiger charge is 2.49.